The summed E-state index contributed by atoms with van der Waals surface area (Å²) >= 11 is 6.80. The van der Waals surface area contributed by atoms with Crippen molar-refractivity contribution in [3.8, 4) is 11.4 Å². The maximum absolute atomic E-state index is 12.7. The van der Waals surface area contributed by atoms with Crippen LogP contribution in [0.4, 0.5) is 5.13 Å². The quantitative estimate of drug-likeness (QED) is 0.535. The lowest BCUT2D eigenvalue weighted by molar-refractivity contribution is -0.116. The number of nitrogens with one attached hydrogen (secondary N) is 2. The van der Waals surface area contributed by atoms with E-state index in [1.54, 1.807) is 4.57 Å². The predicted molar refractivity (Wildman–Crippen MR) is 127 cm³/mol. The maximum Gasteiger partial charge on any atom is 0.246 e. The molecule has 1 saturated heterocycles. The fourth-order valence-electron chi connectivity index (χ4n) is 4.28. The van der Waals surface area contributed by atoms with E-state index in [0.29, 0.717) is 27.6 Å². The molecule has 7 nitrogen and oxygen atoms in total. The Hall–Kier alpha value is -2.36. The van der Waals surface area contributed by atoms with Crippen molar-refractivity contribution in [2.45, 2.75) is 40.3 Å². The number of carbonyl (C=O) groups is 1. The Balaban J connectivity index is 1.40. The average Bonchev–Trinajstić information content (AvgIpc) is 3.28. The number of rotatable bonds is 6. The molecule has 2 aromatic heterocycles. The van der Waals surface area contributed by atoms with Crippen molar-refractivity contribution in [3.05, 3.63) is 45.7 Å². The van der Waals surface area contributed by atoms with Crippen LogP contribution in [0.25, 0.3) is 11.4 Å². The smallest absolute Gasteiger partial charge is 0.246 e. The molecule has 3 heterocycles. The number of nitrogens with zero attached hydrogens (tertiary/aromatic N) is 4. The zero-order chi connectivity index (χ0) is 22.0. The molecule has 0 spiro atoms. The standard InChI is InChI=1S/C22H28N6OS2/c1-14-4-6-17(7-5-14)20-25-26-22(30)28(20)12-19(29)24-21-23-18(13-31-21)11-27-9-15(2)8-16(3)10-27/h4-7,13,15-16H,8-12H2,1-3H3,(H,26,30)(H,23,24,29). The third-order valence-electron chi connectivity index (χ3n) is 5.50. The van der Waals surface area contributed by atoms with Crippen LogP contribution in [-0.2, 0) is 17.9 Å². The normalized spacial score (nSPS) is 19.5. The second-order valence-corrected chi connectivity index (χ2v) is 9.88. The summed E-state index contributed by atoms with van der Waals surface area (Å²) in [4.78, 5) is 19.8. The number of aromatic nitrogens is 4. The Morgan fingerprint density at radius 3 is 2.68 bits per heavy atom. The molecule has 164 valence electrons. The van der Waals surface area contributed by atoms with Gasteiger partial charge in [-0.15, -0.1) is 11.3 Å². The van der Waals surface area contributed by atoms with Gasteiger partial charge in [0.25, 0.3) is 0 Å². The number of thiazole rings is 1. The molecule has 31 heavy (non-hydrogen) atoms. The van der Waals surface area contributed by atoms with Crippen molar-refractivity contribution in [1.82, 2.24) is 24.6 Å². The molecule has 0 bridgehead atoms. The number of benzene rings is 1. The summed E-state index contributed by atoms with van der Waals surface area (Å²) in [6, 6.07) is 7.98. The van der Waals surface area contributed by atoms with Gasteiger partial charge in [-0.05, 0) is 37.4 Å². The van der Waals surface area contributed by atoms with Gasteiger partial charge in [0.2, 0.25) is 5.91 Å². The highest BCUT2D eigenvalue weighted by molar-refractivity contribution is 7.71. The minimum absolute atomic E-state index is 0.0780. The van der Waals surface area contributed by atoms with Crippen molar-refractivity contribution in [2.24, 2.45) is 11.8 Å². The number of anilines is 1. The van der Waals surface area contributed by atoms with Crippen LogP contribution in [0.2, 0.25) is 0 Å². The first kappa shape index (κ1) is 21.9. The zero-order valence-electron chi connectivity index (χ0n) is 18.1. The third-order valence-corrected chi connectivity index (χ3v) is 6.62. The number of aromatic amines is 1. The molecule has 1 amide bonds. The maximum atomic E-state index is 12.7. The molecule has 9 heteroatoms. The SMILES string of the molecule is Cc1ccc(-c2n[nH]c(=S)n2CC(=O)Nc2nc(CN3CC(C)CC(C)C3)cs2)cc1. The molecule has 1 aromatic carbocycles. The Bertz CT molecular complexity index is 1090. The van der Waals surface area contributed by atoms with Gasteiger partial charge in [0.1, 0.15) is 6.54 Å². The van der Waals surface area contributed by atoms with E-state index >= 15 is 0 Å². The van der Waals surface area contributed by atoms with Crippen molar-refractivity contribution in [1.29, 1.82) is 0 Å². The second-order valence-electron chi connectivity index (χ2n) is 8.64. The predicted octanol–water partition coefficient (Wildman–Crippen LogP) is 4.49. The number of hydrogen-bond acceptors (Lipinski definition) is 6. The summed E-state index contributed by atoms with van der Waals surface area (Å²) in [6.45, 7) is 9.75. The summed E-state index contributed by atoms with van der Waals surface area (Å²) in [7, 11) is 0. The van der Waals surface area contributed by atoms with Crippen LogP contribution >= 0.6 is 23.6 Å². The Morgan fingerprint density at radius 1 is 1.26 bits per heavy atom. The molecule has 1 aliphatic rings. The molecule has 2 unspecified atom stereocenters. The van der Waals surface area contributed by atoms with E-state index in [1.165, 1.54) is 17.8 Å². The van der Waals surface area contributed by atoms with Crippen LogP contribution < -0.4 is 5.32 Å². The third kappa shape index (κ3) is 5.47. The molecular formula is C22H28N6OS2. The molecule has 2 N–H and O–H groups in total. The highest BCUT2D eigenvalue weighted by Gasteiger charge is 2.22. The molecule has 0 saturated carbocycles. The van der Waals surface area contributed by atoms with Gasteiger partial charge in [0, 0.05) is 30.6 Å². The van der Waals surface area contributed by atoms with E-state index in [9.17, 15) is 4.79 Å². The van der Waals surface area contributed by atoms with E-state index in [2.05, 4.69) is 39.2 Å². The van der Waals surface area contributed by atoms with Gasteiger partial charge in [0.15, 0.2) is 15.7 Å². The Morgan fingerprint density at radius 2 is 1.97 bits per heavy atom. The molecule has 3 aromatic rings. The van der Waals surface area contributed by atoms with Crippen molar-refractivity contribution < 1.29 is 4.79 Å². The number of likely N-dealkylation sites (tertiary alicyclic amines) is 1. The van der Waals surface area contributed by atoms with Gasteiger partial charge in [-0.2, -0.15) is 5.10 Å². The van der Waals surface area contributed by atoms with Gasteiger partial charge < -0.3 is 5.32 Å². The van der Waals surface area contributed by atoms with Crippen molar-refractivity contribution in [2.75, 3.05) is 18.4 Å². The second kappa shape index (κ2) is 9.42. The highest BCUT2D eigenvalue weighted by Crippen LogP contribution is 2.24. The van der Waals surface area contributed by atoms with Crippen LogP contribution in [0, 0.1) is 23.5 Å². The Kier molecular flexibility index (Phi) is 6.64. The van der Waals surface area contributed by atoms with Gasteiger partial charge in [-0.3, -0.25) is 19.4 Å². The fraction of sp³-hybridized carbons (Fsp3) is 0.455. The van der Waals surface area contributed by atoms with Crippen LogP contribution in [0.3, 0.4) is 0 Å². The molecule has 1 fully saturated rings. The minimum Gasteiger partial charge on any atom is -0.300 e. The molecule has 0 aliphatic carbocycles. The molecule has 1 aliphatic heterocycles. The molecule has 2 atom stereocenters. The molecule has 0 radical (unpaired) electrons. The number of H-pyrrole nitrogens is 1. The first-order chi connectivity index (χ1) is 14.9. The van der Waals surface area contributed by atoms with Crippen LogP contribution in [0.1, 0.15) is 31.5 Å². The fourth-order valence-corrected chi connectivity index (χ4v) is 5.19. The van der Waals surface area contributed by atoms with E-state index in [4.69, 9.17) is 12.2 Å². The topological polar surface area (TPSA) is 78.8 Å². The number of piperidine rings is 1. The summed E-state index contributed by atoms with van der Waals surface area (Å²) < 4.78 is 2.12. The highest BCUT2D eigenvalue weighted by atomic mass is 32.1. The summed E-state index contributed by atoms with van der Waals surface area (Å²) in [5.74, 6) is 1.90. The van der Waals surface area contributed by atoms with Gasteiger partial charge in [-0.1, -0.05) is 43.7 Å². The van der Waals surface area contributed by atoms with Crippen molar-refractivity contribution in [3.63, 3.8) is 0 Å². The zero-order valence-corrected chi connectivity index (χ0v) is 19.7. The summed E-state index contributed by atoms with van der Waals surface area (Å²) in [6.07, 6.45) is 1.29. The largest absolute Gasteiger partial charge is 0.300 e. The number of amides is 1. The monoisotopic (exact) mass is 456 g/mol. The number of carbonyl (C=O) groups excluding carboxylic acids is 1. The van der Waals surface area contributed by atoms with Crippen LogP contribution in [0.15, 0.2) is 29.6 Å². The van der Waals surface area contributed by atoms with Crippen LogP contribution in [-0.4, -0.2) is 43.6 Å². The number of aryl methyl sites for hydroxylation is 1. The first-order valence-corrected chi connectivity index (χ1v) is 11.8. The van der Waals surface area contributed by atoms with Crippen molar-refractivity contribution >= 4 is 34.6 Å². The lowest BCUT2D eigenvalue weighted by Crippen LogP contribution is -2.38. The van der Waals surface area contributed by atoms with E-state index < -0.39 is 0 Å². The number of hydrogen-bond donors (Lipinski definition) is 2. The van der Waals surface area contributed by atoms with E-state index in [1.807, 2.05) is 36.6 Å². The molecular weight excluding hydrogens is 428 g/mol. The lowest BCUT2D eigenvalue weighted by atomic mass is 9.92. The lowest BCUT2D eigenvalue weighted by Gasteiger charge is -2.34. The Labute approximate surface area is 191 Å². The van der Waals surface area contributed by atoms with Gasteiger partial charge in [-0.25, -0.2) is 4.98 Å². The van der Waals surface area contributed by atoms with Crippen LogP contribution in [0.5, 0.6) is 0 Å². The van der Waals surface area contributed by atoms with E-state index in [-0.39, 0.29) is 12.5 Å². The first-order valence-electron chi connectivity index (χ1n) is 10.6. The van der Waals surface area contributed by atoms with E-state index in [0.717, 1.165) is 36.5 Å². The minimum atomic E-state index is -0.174. The summed E-state index contributed by atoms with van der Waals surface area (Å²) in [5.41, 5.74) is 3.07. The average molecular weight is 457 g/mol. The van der Waals surface area contributed by atoms with Gasteiger partial charge in [0.05, 0.1) is 5.69 Å². The van der Waals surface area contributed by atoms with Gasteiger partial charge >= 0.3 is 0 Å². The molecule has 4 rings (SSSR count). The summed E-state index contributed by atoms with van der Waals surface area (Å²) in [5, 5.41) is 12.7.